The maximum absolute atomic E-state index is 6.46. The van der Waals surface area contributed by atoms with Crippen molar-refractivity contribution < 1.29 is 14.2 Å². The third-order valence-corrected chi connectivity index (χ3v) is 5.49. The molecule has 2 aromatic carbocycles. The lowest BCUT2D eigenvalue weighted by Crippen LogP contribution is -2.33. The average molecular weight is 409 g/mol. The maximum Gasteiger partial charge on any atom is 0.119 e. The van der Waals surface area contributed by atoms with Gasteiger partial charge in [-0.1, -0.05) is 23.7 Å². The van der Waals surface area contributed by atoms with Crippen LogP contribution in [0.1, 0.15) is 5.69 Å². The second-order valence-corrected chi connectivity index (χ2v) is 7.66. The van der Waals surface area contributed by atoms with Gasteiger partial charge in [-0.05, 0) is 42.8 Å². The molecule has 1 unspecified atom stereocenters. The quantitative estimate of drug-likeness (QED) is 0.508. The largest absolute Gasteiger partial charge is 0.491 e. The highest BCUT2D eigenvalue weighted by Crippen LogP contribution is 2.36. The molecule has 1 N–H and O–H groups in total. The van der Waals surface area contributed by atoms with Crippen molar-refractivity contribution in [1.82, 2.24) is 9.97 Å². The topological polar surface area (TPSA) is 56.4 Å². The van der Waals surface area contributed by atoms with E-state index in [0.29, 0.717) is 31.5 Å². The molecule has 0 saturated carbocycles. The molecule has 3 heterocycles. The van der Waals surface area contributed by atoms with Gasteiger partial charge in [0, 0.05) is 27.6 Å². The summed E-state index contributed by atoms with van der Waals surface area (Å²) in [6.45, 7) is 4.34. The number of pyridine rings is 1. The number of H-pyrrole nitrogens is 1. The van der Waals surface area contributed by atoms with Crippen molar-refractivity contribution in [2.24, 2.45) is 0 Å². The van der Waals surface area contributed by atoms with Crippen LogP contribution in [0.25, 0.3) is 32.9 Å². The smallest absolute Gasteiger partial charge is 0.119 e. The van der Waals surface area contributed by atoms with Crippen molar-refractivity contribution in [2.75, 3.05) is 26.4 Å². The summed E-state index contributed by atoms with van der Waals surface area (Å²) in [6.07, 6.45) is 1.82. The number of ether oxygens (including phenoxy) is 3. The van der Waals surface area contributed by atoms with Crippen LogP contribution in [0.4, 0.5) is 0 Å². The standard InChI is InChI=1S/C23H21ClN2O3/c1-14-22-19(6-7-25-14)21-11-16(24)10-20(23(21)26-22)15-2-4-17(5-3-15)29-13-18-12-27-8-9-28-18/h2-7,10-11,18,26H,8-9,12-13H2,1H3. The Morgan fingerprint density at radius 2 is 1.97 bits per heavy atom. The van der Waals surface area contributed by atoms with Crippen molar-refractivity contribution in [3.63, 3.8) is 0 Å². The summed E-state index contributed by atoms with van der Waals surface area (Å²) >= 11 is 6.46. The number of fused-ring (bicyclic) bond motifs is 3. The third-order valence-electron chi connectivity index (χ3n) is 5.27. The van der Waals surface area contributed by atoms with E-state index in [0.717, 1.165) is 44.4 Å². The van der Waals surface area contributed by atoms with Crippen LogP contribution in [-0.2, 0) is 9.47 Å². The highest BCUT2D eigenvalue weighted by atomic mass is 35.5. The number of aromatic amines is 1. The Morgan fingerprint density at radius 1 is 1.10 bits per heavy atom. The second kappa shape index (κ2) is 7.67. The summed E-state index contributed by atoms with van der Waals surface area (Å²) in [5.74, 6) is 0.804. The number of hydrogen-bond acceptors (Lipinski definition) is 4. The molecule has 0 amide bonds. The Labute approximate surface area is 173 Å². The van der Waals surface area contributed by atoms with Crippen LogP contribution in [0.2, 0.25) is 5.02 Å². The van der Waals surface area contributed by atoms with Gasteiger partial charge in [-0.2, -0.15) is 0 Å². The molecule has 0 aliphatic carbocycles. The van der Waals surface area contributed by atoms with Crippen molar-refractivity contribution in [3.05, 3.63) is 59.4 Å². The minimum Gasteiger partial charge on any atom is -0.491 e. The zero-order valence-corrected chi connectivity index (χ0v) is 16.8. The molecule has 6 heteroatoms. The van der Waals surface area contributed by atoms with Gasteiger partial charge in [-0.3, -0.25) is 4.98 Å². The number of aromatic nitrogens is 2. The minimum atomic E-state index is -0.0146. The normalized spacial score (nSPS) is 17.1. The summed E-state index contributed by atoms with van der Waals surface area (Å²) in [5, 5.41) is 2.94. The average Bonchev–Trinajstić information content (AvgIpc) is 3.13. The maximum atomic E-state index is 6.46. The summed E-state index contributed by atoms with van der Waals surface area (Å²) in [4.78, 5) is 7.94. The highest BCUT2D eigenvalue weighted by molar-refractivity contribution is 6.32. The molecular weight excluding hydrogens is 388 g/mol. The predicted octanol–water partition coefficient (Wildman–Crippen LogP) is 5.14. The fourth-order valence-corrected chi connectivity index (χ4v) is 4.03. The van der Waals surface area contributed by atoms with Crippen molar-refractivity contribution in [1.29, 1.82) is 0 Å². The summed E-state index contributed by atoms with van der Waals surface area (Å²) in [7, 11) is 0. The number of rotatable bonds is 4. The summed E-state index contributed by atoms with van der Waals surface area (Å²) in [5.41, 5.74) is 5.19. The van der Waals surface area contributed by atoms with Crippen LogP contribution in [0.15, 0.2) is 48.7 Å². The monoisotopic (exact) mass is 408 g/mol. The fourth-order valence-electron chi connectivity index (χ4n) is 3.81. The Balaban J connectivity index is 1.47. The van der Waals surface area contributed by atoms with Gasteiger partial charge in [0.05, 0.1) is 36.5 Å². The number of nitrogens with one attached hydrogen (secondary N) is 1. The van der Waals surface area contributed by atoms with Gasteiger partial charge in [0.15, 0.2) is 0 Å². The van der Waals surface area contributed by atoms with Crippen LogP contribution in [0.3, 0.4) is 0 Å². The second-order valence-electron chi connectivity index (χ2n) is 7.22. The Hall–Kier alpha value is -2.60. The van der Waals surface area contributed by atoms with Gasteiger partial charge in [0.1, 0.15) is 18.5 Å². The first kappa shape index (κ1) is 18.4. The van der Waals surface area contributed by atoms with E-state index in [9.17, 15) is 0 Å². The van der Waals surface area contributed by atoms with Gasteiger partial charge in [0.2, 0.25) is 0 Å². The van der Waals surface area contributed by atoms with Crippen LogP contribution in [0.5, 0.6) is 5.75 Å². The molecule has 1 fully saturated rings. The first-order valence-corrected chi connectivity index (χ1v) is 10.1. The van der Waals surface area contributed by atoms with E-state index in [4.69, 9.17) is 25.8 Å². The number of benzene rings is 2. The first-order valence-electron chi connectivity index (χ1n) is 9.68. The molecule has 1 saturated heterocycles. The van der Waals surface area contributed by atoms with Gasteiger partial charge in [-0.25, -0.2) is 0 Å². The molecule has 2 aromatic heterocycles. The molecule has 0 spiro atoms. The van der Waals surface area contributed by atoms with Crippen molar-refractivity contribution >= 4 is 33.4 Å². The lowest BCUT2D eigenvalue weighted by molar-refractivity contribution is -0.101. The van der Waals surface area contributed by atoms with E-state index >= 15 is 0 Å². The Morgan fingerprint density at radius 3 is 2.76 bits per heavy atom. The minimum absolute atomic E-state index is 0.0146. The van der Waals surface area contributed by atoms with Crippen molar-refractivity contribution in [3.8, 4) is 16.9 Å². The Bertz CT molecular complexity index is 1160. The van der Waals surface area contributed by atoms with Crippen LogP contribution in [-0.4, -0.2) is 42.5 Å². The van der Waals surface area contributed by atoms with Gasteiger partial charge >= 0.3 is 0 Å². The summed E-state index contributed by atoms with van der Waals surface area (Å²) < 4.78 is 16.9. The molecule has 1 aliphatic rings. The number of aryl methyl sites for hydroxylation is 1. The Kier molecular flexibility index (Phi) is 4.87. The number of hydrogen-bond donors (Lipinski definition) is 1. The van der Waals surface area contributed by atoms with E-state index in [2.05, 4.69) is 22.1 Å². The fraction of sp³-hybridized carbons (Fsp3) is 0.261. The molecule has 4 aromatic rings. The van der Waals surface area contributed by atoms with E-state index in [1.807, 2.05) is 43.5 Å². The molecule has 0 radical (unpaired) electrons. The van der Waals surface area contributed by atoms with Crippen molar-refractivity contribution in [2.45, 2.75) is 13.0 Å². The molecular formula is C23H21ClN2O3. The predicted molar refractivity (Wildman–Crippen MR) is 115 cm³/mol. The lowest BCUT2D eigenvalue weighted by Gasteiger charge is -2.22. The van der Waals surface area contributed by atoms with E-state index in [1.54, 1.807) is 0 Å². The first-order chi connectivity index (χ1) is 14.2. The molecule has 0 bridgehead atoms. The zero-order valence-electron chi connectivity index (χ0n) is 16.1. The molecule has 5 rings (SSSR count). The van der Waals surface area contributed by atoms with Crippen LogP contribution < -0.4 is 4.74 Å². The van der Waals surface area contributed by atoms with Gasteiger partial charge < -0.3 is 19.2 Å². The number of halogens is 1. The number of nitrogens with zero attached hydrogens (tertiary/aromatic N) is 1. The van der Waals surface area contributed by atoms with Gasteiger partial charge in [0.25, 0.3) is 0 Å². The molecule has 1 aliphatic heterocycles. The van der Waals surface area contributed by atoms with E-state index in [-0.39, 0.29) is 6.10 Å². The molecule has 29 heavy (non-hydrogen) atoms. The SMILES string of the molecule is Cc1nccc2c1[nH]c1c(-c3ccc(OCC4COCCO4)cc3)cc(Cl)cc12. The molecule has 5 nitrogen and oxygen atoms in total. The van der Waals surface area contributed by atoms with E-state index < -0.39 is 0 Å². The highest BCUT2D eigenvalue weighted by Gasteiger charge is 2.16. The lowest BCUT2D eigenvalue weighted by atomic mass is 10.0. The van der Waals surface area contributed by atoms with Gasteiger partial charge in [-0.15, -0.1) is 0 Å². The molecule has 1 atom stereocenters. The summed E-state index contributed by atoms with van der Waals surface area (Å²) in [6, 6.07) is 14.1. The van der Waals surface area contributed by atoms with E-state index in [1.165, 1.54) is 0 Å². The zero-order chi connectivity index (χ0) is 19.8. The van der Waals surface area contributed by atoms with Crippen LogP contribution >= 0.6 is 11.6 Å². The van der Waals surface area contributed by atoms with Crippen LogP contribution in [0, 0.1) is 6.92 Å². The third kappa shape index (κ3) is 3.57. The molecule has 148 valence electrons.